The van der Waals surface area contributed by atoms with Crippen molar-refractivity contribution in [2.45, 2.75) is 25.7 Å². The summed E-state index contributed by atoms with van der Waals surface area (Å²) in [5.74, 6) is 0.588. The van der Waals surface area contributed by atoms with Crippen LogP contribution in [0.1, 0.15) is 33.4 Å². The Kier molecular flexibility index (Phi) is 5.33. The van der Waals surface area contributed by atoms with Crippen LogP contribution in [0.15, 0.2) is 97.1 Å². The van der Waals surface area contributed by atoms with Gasteiger partial charge in [-0.2, -0.15) is 0 Å². The summed E-state index contributed by atoms with van der Waals surface area (Å²) in [6, 6.07) is 32.7. The SMILES string of the molecule is Cc1cc(C(Cc2ccccc2)(c2ccccc2)c2ccc(O)c(C)c2)ccc1O. The van der Waals surface area contributed by atoms with Crippen molar-refractivity contribution in [1.29, 1.82) is 0 Å². The summed E-state index contributed by atoms with van der Waals surface area (Å²) in [6.45, 7) is 3.86. The van der Waals surface area contributed by atoms with Gasteiger partial charge in [0.2, 0.25) is 0 Å². The molecule has 150 valence electrons. The van der Waals surface area contributed by atoms with Gasteiger partial charge in [0.05, 0.1) is 0 Å². The van der Waals surface area contributed by atoms with E-state index in [2.05, 4.69) is 60.7 Å². The lowest BCUT2D eigenvalue weighted by Gasteiger charge is -2.37. The second-order valence-corrected chi connectivity index (χ2v) is 7.94. The van der Waals surface area contributed by atoms with E-state index in [1.54, 1.807) is 12.1 Å². The Morgan fingerprint density at radius 1 is 0.567 bits per heavy atom. The predicted molar refractivity (Wildman–Crippen MR) is 122 cm³/mol. The zero-order chi connectivity index (χ0) is 21.1. The van der Waals surface area contributed by atoms with Gasteiger partial charge in [-0.3, -0.25) is 0 Å². The van der Waals surface area contributed by atoms with E-state index in [1.807, 2.05) is 38.1 Å². The topological polar surface area (TPSA) is 40.5 Å². The normalized spacial score (nSPS) is 11.4. The first kappa shape index (κ1) is 19.8. The minimum absolute atomic E-state index is 0.294. The molecule has 0 radical (unpaired) electrons. The maximum atomic E-state index is 10.2. The zero-order valence-corrected chi connectivity index (χ0v) is 17.3. The van der Waals surface area contributed by atoms with E-state index in [1.165, 1.54) is 11.1 Å². The molecule has 0 amide bonds. The summed E-state index contributed by atoms with van der Waals surface area (Å²) in [6.07, 6.45) is 0.756. The molecule has 2 heteroatoms. The number of hydrogen-bond donors (Lipinski definition) is 2. The van der Waals surface area contributed by atoms with Crippen LogP contribution < -0.4 is 0 Å². The predicted octanol–water partition coefficient (Wildman–Crippen LogP) is 6.29. The first-order valence-corrected chi connectivity index (χ1v) is 10.2. The molecule has 0 fully saturated rings. The molecule has 0 unspecified atom stereocenters. The van der Waals surface area contributed by atoms with Gasteiger partial charge in [-0.05, 0) is 65.8 Å². The molecule has 0 saturated carbocycles. The molecule has 0 bridgehead atoms. The smallest absolute Gasteiger partial charge is 0.118 e. The number of aryl methyl sites for hydroxylation is 2. The lowest BCUT2D eigenvalue weighted by Crippen LogP contribution is -2.32. The van der Waals surface area contributed by atoms with Gasteiger partial charge in [-0.15, -0.1) is 0 Å². The molecule has 0 atom stereocenters. The second kappa shape index (κ2) is 8.08. The number of aromatic hydroxyl groups is 2. The average molecular weight is 395 g/mol. The highest BCUT2D eigenvalue weighted by molar-refractivity contribution is 5.55. The van der Waals surface area contributed by atoms with Crippen LogP contribution in [-0.4, -0.2) is 10.2 Å². The molecule has 30 heavy (non-hydrogen) atoms. The summed E-state index contributed by atoms with van der Waals surface area (Å²) in [4.78, 5) is 0. The molecule has 0 heterocycles. The molecule has 4 aromatic carbocycles. The van der Waals surface area contributed by atoms with Crippen LogP contribution in [0.5, 0.6) is 11.5 Å². The fraction of sp³-hybridized carbons (Fsp3) is 0.143. The van der Waals surface area contributed by atoms with Gasteiger partial charge in [0.25, 0.3) is 0 Å². The third-order valence-corrected chi connectivity index (χ3v) is 5.96. The molecule has 2 nitrogen and oxygen atoms in total. The van der Waals surface area contributed by atoms with Crippen LogP contribution in [0.3, 0.4) is 0 Å². The maximum absolute atomic E-state index is 10.2. The van der Waals surface area contributed by atoms with Crippen molar-refractivity contribution in [2.24, 2.45) is 0 Å². The van der Waals surface area contributed by atoms with Gasteiger partial charge >= 0.3 is 0 Å². The highest BCUT2D eigenvalue weighted by atomic mass is 16.3. The molecule has 0 aliphatic heterocycles. The molecule has 0 spiro atoms. The summed E-state index contributed by atoms with van der Waals surface area (Å²) in [5.41, 5.74) is 5.82. The van der Waals surface area contributed by atoms with E-state index in [0.29, 0.717) is 11.5 Å². The summed E-state index contributed by atoms with van der Waals surface area (Å²) in [5, 5.41) is 20.4. The summed E-state index contributed by atoms with van der Waals surface area (Å²) < 4.78 is 0. The minimum Gasteiger partial charge on any atom is -0.508 e. The molecule has 0 aromatic heterocycles. The van der Waals surface area contributed by atoms with Crippen molar-refractivity contribution in [2.75, 3.05) is 0 Å². The average Bonchev–Trinajstić information content (AvgIpc) is 2.77. The number of phenolic OH excluding ortho intramolecular Hbond substituents is 2. The molecule has 0 aliphatic rings. The first-order valence-electron chi connectivity index (χ1n) is 10.2. The molecular formula is C28H26O2. The number of hydrogen-bond acceptors (Lipinski definition) is 2. The monoisotopic (exact) mass is 394 g/mol. The standard InChI is InChI=1S/C28H26O2/c1-20-17-24(13-15-26(20)29)28(23-11-7-4-8-12-23,19-22-9-5-3-6-10-22)25-14-16-27(30)21(2)18-25/h3-18,29-30H,19H2,1-2H3. The third kappa shape index (κ3) is 3.57. The highest BCUT2D eigenvalue weighted by Crippen LogP contribution is 2.44. The summed E-state index contributed by atoms with van der Waals surface area (Å²) in [7, 11) is 0. The van der Waals surface area contributed by atoms with Crippen LogP contribution in [0.25, 0.3) is 0 Å². The zero-order valence-electron chi connectivity index (χ0n) is 17.3. The first-order chi connectivity index (χ1) is 14.5. The van der Waals surface area contributed by atoms with Gasteiger partial charge in [0.15, 0.2) is 0 Å². The largest absolute Gasteiger partial charge is 0.508 e. The maximum Gasteiger partial charge on any atom is 0.118 e. The van der Waals surface area contributed by atoms with E-state index < -0.39 is 5.41 Å². The minimum atomic E-state index is -0.473. The van der Waals surface area contributed by atoms with Crippen molar-refractivity contribution in [3.63, 3.8) is 0 Å². The van der Waals surface area contributed by atoms with Gasteiger partial charge < -0.3 is 10.2 Å². The Hall–Kier alpha value is -3.52. The van der Waals surface area contributed by atoms with Gasteiger partial charge in [-0.25, -0.2) is 0 Å². The van der Waals surface area contributed by atoms with Crippen molar-refractivity contribution in [1.82, 2.24) is 0 Å². The molecule has 0 saturated heterocycles. The molecule has 4 aromatic rings. The Morgan fingerprint density at radius 2 is 1.03 bits per heavy atom. The lowest BCUT2D eigenvalue weighted by molar-refractivity contribution is 0.469. The van der Waals surface area contributed by atoms with Crippen molar-refractivity contribution < 1.29 is 10.2 Å². The van der Waals surface area contributed by atoms with Gasteiger partial charge in [-0.1, -0.05) is 84.9 Å². The quantitative estimate of drug-likeness (QED) is 0.390. The number of rotatable bonds is 5. The number of phenols is 2. The van der Waals surface area contributed by atoms with Crippen LogP contribution in [0, 0.1) is 13.8 Å². The second-order valence-electron chi connectivity index (χ2n) is 7.94. The Labute approximate surface area is 178 Å². The van der Waals surface area contributed by atoms with E-state index >= 15 is 0 Å². The van der Waals surface area contributed by atoms with E-state index in [-0.39, 0.29) is 0 Å². The van der Waals surface area contributed by atoms with Gasteiger partial charge in [0.1, 0.15) is 11.5 Å². The van der Waals surface area contributed by atoms with E-state index in [4.69, 9.17) is 0 Å². The fourth-order valence-electron chi connectivity index (χ4n) is 4.27. The third-order valence-electron chi connectivity index (χ3n) is 5.96. The van der Waals surface area contributed by atoms with Crippen molar-refractivity contribution in [3.05, 3.63) is 130 Å². The molecule has 0 aliphatic carbocycles. The van der Waals surface area contributed by atoms with E-state index in [9.17, 15) is 10.2 Å². The Bertz CT molecular complexity index is 1100. The number of benzene rings is 4. The Morgan fingerprint density at radius 3 is 1.50 bits per heavy atom. The lowest BCUT2D eigenvalue weighted by atomic mass is 9.65. The molecule has 2 N–H and O–H groups in total. The van der Waals surface area contributed by atoms with Crippen LogP contribution in [-0.2, 0) is 11.8 Å². The van der Waals surface area contributed by atoms with Gasteiger partial charge in [0, 0.05) is 5.41 Å². The summed E-state index contributed by atoms with van der Waals surface area (Å²) >= 11 is 0. The Balaban J connectivity index is 2.06. The van der Waals surface area contributed by atoms with Crippen molar-refractivity contribution in [3.8, 4) is 11.5 Å². The highest BCUT2D eigenvalue weighted by Gasteiger charge is 2.37. The van der Waals surface area contributed by atoms with Crippen LogP contribution in [0.4, 0.5) is 0 Å². The molecule has 4 rings (SSSR count). The fourth-order valence-corrected chi connectivity index (χ4v) is 4.27. The molecular weight excluding hydrogens is 368 g/mol. The van der Waals surface area contributed by atoms with Crippen molar-refractivity contribution >= 4 is 0 Å². The van der Waals surface area contributed by atoms with Crippen LogP contribution >= 0.6 is 0 Å². The van der Waals surface area contributed by atoms with Crippen LogP contribution in [0.2, 0.25) is 0 Å². The van der Waals surface area contributed by atoms with E-state index in [0.717, 1.165) is 28.7 Å².